The highest BCUT2D eigenvalue weighted by Crippen LogP contribution is 1.92. The van der Waals surface area contributed by atoms with Crippen molar-refractivity contribution >= 4 is 5.78 Å². The lowest BCUT2D eigenvalue weighted by Crippen LogP contribution is -2.26. The van der Waals surface area contributed by atoms with E-state index in [2.05, 4.69) is 15.6 Å². The Morgan fingerprint density at radius 2 is 2.25 bits per heavy atom. The summed E-state index contributed by atoms with van der Waals surface area (Å²) in [7, 11) is 0. The lowest BCUT2D eigenvalue weighted by atomic mass is 10.3. The van der Waals surface area contributed by atoms with Crippen molar-refractivity contribution in [1.29, 1.82) is 0 Å². The summed E-state index contributed by atoms with van der Waals surface area (Å²) in [5, 5.41) is 6.45. The van der Waals surface area contributed by atoms with Crippen LogP contribution in [0.5, 0.6) is 0 Å². The lowest BCUT2D eigenvalue weighted by Gasteiger charge is -2.06. The van der Waals surface area contributed by atoms with Crippen LogP contribution in [-0.2, 0) is 11.3 Å². The van der Waals surface area contributed by atoms with E-state index in [-0.39, 0.29) is 5.78 Å². The van der Waals surface area contributed by atoms with Gasteiger partial charge in [-0.1, -0.05) is 0 Å². The monoisotopic (exact) mass is 221 g/mol. The average Bonchev–Trinajstić information content (AvgIpc) is 2.68. The second-order valence-electron chi connectivity index (χ2n) is 3.74. The smallest absolute Gasteiger partial charge is 0.154 e. The number of aromatic nitrogens is 1. The number of aromatic amines is 1. The summed E-state index contributed by atoms with van der Waals surface area (Å²) in [5.74, 6) is 0.0735. The normalized spacial score (nSPS) is 11.5. The molecule has 0 atom stereocenters. The quantitative estimate of drug-likeness (QED) is 0.479. The van der Waals surface area contributed by atoms with Crippen LogP contribution in [0.15, 0.2) is 30.1 Å². The summed E-state index contributed by atoms with van der Waals surface area (Å²) in [6, 6.07) is 4.02. The number of allylic oxidation sites excluding steroid dienone is 2. The highest BCUT2D eigenvalue weighted by Gasteiger charge is 1.93. The molecule has 0 fully saturated rings. The molecule has 0 spiro atoms. The van der Waals surface area contributed by atoms with Crippen molar-refractivity contribution in [2.75, 3.05) is 13.1 Å². The topological polar surface area (TPSA) is 56.9 Å². The molecule has 0 aliphatic heterocycles. The number of ketones is 1. The average molecular weight is 221 g/mol. The van der Waals surface area contributed by atoms with Crippen molar-refractivity contribution in [2.45, 2.75) is 20.4 Å². The van der Waals surface area contributed by atoms with E-state index in [0.29, 0.717) is 0 Å². The Balaban J connectivity index is 2.06. The van der Waals surface area contributed by atoms with Crippen molar-refractivity contribution in [2.24, 2.45) is 0 Å². The summed E-state index contributed by atoms with van der Waals surface area (Å²) >= 11 is 0. The van der Waals surface area contributed by atoms with Gasteiger partial charge in [0.25, 0.3) is 0 Å². The maximum atomic E-state index is 10.8. The molecule has 0 aliphatic rings. The van der Waals surface area contributed by atoms with Crippen LogP contribution >= 0.6 is 0 Å². The number of hydrogen-bond donors (Lipinski definition) is 3. The fourth-order valence-corrected chi connectivity index (χ4v) is 1.40. The molecule has 0 bridgehead atoms. The molecule has 3 N–H and O–H groups in total. The van der Waals surface area contributed by atoms with E-state index in [1.807, 2.05) is 25.3 Å². The molecule has 0 unspecified atom stereocenters. The van der Waals surface area contributed by atoms with E-state index in [4.69, 9.17) is 0 Å². The number of H-pyrrole nitrogens is 1. The van der Waals surface area contributed by atoms with Gasteiger partial charge in [-0.15, -0.1) is 0 Å². The molecular formula is C12H19N3O. The minimum atomic E-state index is 0.0735. The molecule has 0 aromatic carbocycles. The predicted octanol–water partition coefficient (Wildman–Crippen LogP) is 1.19. The van der Waals surface area contributed by atoms with Crippen LogP contribution < -0.4 is 10.6 Å². The molecule has 1 aromatic rings. The molecule has 0 saturated carbocycles. The second-order valence-corrected chi connectivity index (χ2v) is 3.74. The van der Waals surface area contributed by atoms with Crippen LogP contribution in [0.3, 0.4) is 0 Å². The summed E-state index contributed by atoms with van der Waals surface area (Å²) < 4.78 is 0. The van der Waals surface area contributed by atoms with Gasteiger partial charge in [-0.2, -0.15) is 0 Å². The van der Waals surface area contributed by atoms with Crippen LogP contribution in [0.4, 0.5) is 0 Å². The van der Waals surface area contributed by atoms with E-state index in [1.54, 1.807) is 13.0 Å². The molecule has 88 valence electrons. The van der Waals surface area contributed by atoms with Gasteiger partial charge in [0.15, 0.2) is 5.78 Å². The standard InChI is InChI=1S/C12H19N3O/c1-10(8-11(2)16)14-7-6-13-9-12-4-3-5-15-12/h3-5,8,13-15H,6-7,9H2,1-2H3. The third-order valence-corrected chi connectivity index (χ3v) is 2.10. The first-order valence-electron chi connectivity index (χ1n) is 5.44. The van der Waals surface area contributed by atoms with E-state index in [9.17, 15) is 4.79 Å². The molecule has 4 nitrogen and oxygen atoms in total. The number of nitrogens with one attached hydrogen (secondary N) is 3. The first kappa shape index (κ1) is 12.5. The predicted molar refractivity (Wildman–Crippen MR) is 64.9 cm³/mol. The molecule has 4 heteroatoms. The van der Waals surface area contributed by atoms with Gasteiger partial charge in [-0.25, -0.2) is 0 Å². The zero-order valence-corrected chi connectivity index (χ0v) is 9.84. The third kappa shape index (κ3) is 5.36. The van der Waals surface area contributed by atoms with Crippen molar-refractivity contribution in [1.82, 2.24) is 15.6 Å². The Morgan fingerprint density at radius 1 is 1.44 bits per heavy atom. The van der Waals surface area contributed by atoms with E-state index in [0.717, 1.165) is 25.3 Å². The largest absolute Gasteiger partial charge is 0.387 e. The molecule has 0 aliphatic carbocycles. The lowest BCUT2D eigenvalue weighted by molar-refractivity contribution is -0.112. The maximum absolute atomic E-state index is 10.8. The second kappa shape index (κ2) is 6.85. The number of carbonyl (C=O) groups excluding carboxylic acids is 1. The first-order chi connectivity index (χ1) is 7.68. The van der Waals surface area contributed by atoms with Gasteiger partial charge in [0.05, 0.1) is 0 Å². The minimum absolute atomic E-state index is 0.0735. The summed E-state index contributed by atoms with van der Waals surface area (Å²) in [6.45, 7) is 5.96. The van der Waals surface area contributed by atoms with Crippen molar-refractivity contribution in [3.05, 3.63) is 35.8 Å². The van der Waals surface area contributed by atoms with Crippen LogP contribution in [-0.4, -0.2) is 23.9 Å². The van der Waals surface area contributed by atoms with Crippen molar-refractivity contribution in [3.8, 4) is 0 Å². The zero-order chi connectivity index (χ0) is 11.8. The van der Waals surface area contributed by atoms with Gasteiger partial charge >= 0.3 is 0 Å². The minimum Gasteiger partial charge on any atom is -0.387 e. The molecule has 0 saturated heterocycles. The van der Waals surface area contributed by atoms with Crippen LogP contribution in [0.25, 0.3) is 0 Å². The van der Waals surface area contributed by atoms with Gasteiger partial charge in [0, 0.05) is 37.2 Å². The van der Waals surface area contributed by atoms with Gasteiger partial charge < -0.3 is 15.6 Å². The summed E-state index contributed by atoms with van der Waals surface area (Å²) in [6.07, 6.45) is 3.51. The van der Waals surface area contributed by atoms with Gasteiger partial charge in [-0.3, -0.25) is 4.79 Å². The van der Waals surface area contributed by atoms with Crippen molar-refractivity contribution in [3.63, 3.8) is 0 Å². The molecule has 0 radical (unpaired) electrons. The number of rotatable bonds is 7. The molecular weight excluding hydrogens is 202 g/mol. The maximum Gasteiger partial charge on any atom is 0.154 e. The highest BCUT2D eigenvalue weighted by molar-refractivity contribution is 5.87. The first-order valence-corrected chi connectivity index (χ1v) is 5.44. The van der Waals surface area contributed by atoms with E-state index in [1.165, 1.54) is 5.69 Å². The Kier molecular flexibility index (Phi) is 5.36. The Hall–Kier alpha value is -1.55. The number of hydrogen-bond acceptors (Lipinski definition) is 3. The summed E-state index contributed by atoms with van der Waals surface area (Å²) in [4.78, 5) is 13.9. The van der Waals surface area contributed by atoms with E-state index < -0.39 is 0 Å². The number of carbonyl (C=O) groups is 1. The van der Waals surface area contributed by atoms with Gasteiger partial charge in [0.2, 0.25) is 0 Å². The van der Waals surface area contributed by atoms with Crippen LogP contribution in [0.2, 0.25) is 0 Å². The molecule has 1 rings (SSSR count). The van der Waals surface area contributed by atoms with Crippen LogP contribution in [0.1, 0.15) is 19.5 Å². The van der Waals surface area contributed by atoms with Crippen LogP contribution in [0, 0.1) is 0 Å². The SMILES string of the molecule is CC(=O)C=C(C)NCCNCc1ccc[nH]1. The van der Waals surface area contributed by atoms with E-state index >= 15 is 0 Å². The van der Waals surface area contributed by atoms with Gasteiger partial charge in [0.1, 0.15) is 0 Å². The van der Waals surface area contributed by atoms with Gasteiger partial charge in [-0.05, 0) is 32.1 Å². The Morgan fingerprint density at radius 3 is 2.88 bits per heavy atom. The fourth-order valence-electron chi connectivity index (χ4n) is 1.40. The Bertz CT molecular complexity index is 341. The highest BCUT2D eigenvalue weighted by atomic mass is 16.1. The molecule has 1 aromatic heterocycles. The molecule has 16 heavy (non-hydrogen) atoms. The molecule has 1 heterocycles. The van der Waals surface area contributed by atoms with Crippen molar-refractivity contribution < 1.29 is 4.79 Å². The fraction of sp³-hybridized carbons (Fsp3) is 0.417. The summed E-state index contributed by atoms with van der Waals surface area (Å²) in [5.41, 5.74) is 2.09. The Labute approximate surface area is 96.1 Å². The third-order valence-electron chi connectivity index (χ3n) is 2.10. The zero-order valence-electron chi connectivity index (χ0n) is 9.84. The molecule has 0 amide bonds.